The van der Waals surface area contributed by atoms with E-state index in [9.17, 15) is 19.2 Å². The van der Waals surface area contributed by atoms with E-state index >= 15 is 0 Å². The van der Waals surface area contributed by atoms with Crippen molar-refractivity contribution in [3.8, 4) is 0 Å². The van der Waals surface area contributed by atoms with E-state index in [-0.39, 0.29) is 47.8 Å². The number of imide groups is 1. The van der Waals surface area contributed by atoms with E-state index in [0.717, 1.165) is 12.0 Å². The lowest BCUT2D eigenvalue weighted by Gasteiger charge is -2.37. The lowest BCUT2D eigenvalue weighted by molar-refractivity contribution is -0.146. The number of hydrogen-bond donors (Lipinski definition) is 1. The molecular weight excluding hydrogens is 480 g/mol. The molecule has 0 radical (unpaired) electrons. The van der Waals surface area contributed by atoms with Gasteiger partial charge in [0.1, 0.15) is 6.04 Å². The summed E-state index contributed by atoms with van der Waals surface area (Å²) in [5.41, 5.74) is 1.74. The van der Waals surface area contributed by atoms with Crippen LogP contribution in [0.4, 0.5) is 5.69 Å². The van der Waals surface area contributed by atoms with Crippen molar-refractivity contribution in [1.29, 1.82) is 0 Å². The van der Waals surface area contributed by atoms with Crippen LogP contribution in [0.3, 0.4) is 0 Å². The molecule has 7 nitrogen and oxygen atoms in total. The zero-order chi connectivity index (χ0) is 26.6. The summed E-state index contributed by atoms with van der Waals surface area (Å²) >= 11 is 0. The highest BCUT2D eigenvalue weighted by molar-refractivity contribution is 6.10. The third kappa shape index (κ3) is 4.24. The van der Waals surface area contributed by atoms with Crippen LogP contribution in [0.15, 0.2) is 66.7 Å². The summed E-state index contributed by atoms with van der Waals surface area (Å²) in [4.78, 5) is 54.7. The van der Waals surface area contributed by atoms with Crippen LogP contribution in [-0.2, 0) is 25.5 Å². The van der Waals surface area contributed by atoms with Gasteiger partial charge in [0.15, 0.2) is 0 Å². The van der Waals surface area contributed by atoms with E-state index in [0.29, 0.717) is 29.7 Å². The molecule has 0 unspecified atom stereocenters. The molecule has 196 valence electrons. The molecule has 3 amide bonds. The molecule has 1 N–H and O–H groups in total. The summed E-state index contributed by atoms with van der Waals surface area (Å²) in [5.74, 6) is -0.578. The fourth-order valence-electron chi connectivity index (χ4n) is 6.67. The van der Waals surface area contributed by atoms with Crippen molar-refractivity contribution in [2.24, 2.45) is 41.4 Å². The Bertz CT molecular complexity index is 1270. The largest absolute Gasteiger partial charge is 0.462 e. The Balaban J connectivity index is 1.23. The number of nitrogens with zero attached hydrogens (tertiary/aromatic N) is 1. The third-order valence-corrected chi connectivity index (χ3v) is 8.52. The number of esters is 1. The minimum atomic E-state index is -0.964. The van der Waals surface area contributed by atoms with Crippen molar-refractivity contribution < 1.29 is 23.9 Å². The SMILES string of the molecule is CC(C)COC(=O)c1ccc(NC(=O)[C@H](Cc2ccccc2)N2C(=O)[C@H]3[C@@H]4C=C[C@H]([C@H]5C[C@H]45)[C@@H]3C2=O)cc1. The number of ether oxygens (including phenoxy) is 1. The molecule has 2 aromatic rings. The Morgan fingerprint density at radius 3 is 2.11 bits per heavy atom. The van der Waals surface area contributed by atoms with Crippen LogP contribution in [0.5, 0.6) is 0 Å². The molecule has 7 rings (SSSR count). The Hall–Kier alpha value is -3.74. The van der Waals surface area contributed by atoms with Gasteiger partial charge in [0, 0.05) is 12.1 Å². The van der Waals surface area contributed by atoms with Crippen LogP contribution in [0.1, 0.15) is 36.2 Å². The van der Waals surface area contributed by atoms with Crippen LogP contribution in [0.25, 0.3) is 0 Å². The Morgan fingerprint density at radius 1 is 0.921 bits per heavy atom. The minimum Gasteiger partial charge on any atom is -0.462 e. The molecule has 2 aromatic carbocycles. The molecule has 7 heteroatoms. The predicted octanol–water partition coefficient (Wildman–Crippen LogP) is 4.10. The fourth-order valence-corrected chi connectivity index (χ4v) is 6.67. The molecule has 2 saturated carbocycles. The van der Waals surface area contributed by atoms with Gasteiger partial charge in [0.05, 0.1) is 24.0 Å². The third-order valence-electron chi connectivity index (χ3n) is 8.52. The maximum Gasteiger partial charge on any atom is 0.338 e. The number of rotatable bonds is 8. The highest BCUT2D eigenvalue weighted by atomic mass is 16.5. The van der Waals surface area contributed by atoms with Gasteiger partial charge in [-0.2, -0.15) is 0 Å². The first-order valence-corrected chi connectivity index (χ1v) is 13.5. The monoisotopic (exact) mass is 512 g/mol. The van der Waals surface area contributed by atoms with E-state index in [1.807, 2.05) is 44.2 Å². The first kappa shape index (κ1) is 24.6. The lowest BCUT2D eigenvalue weighted by Crippen LogP contribution is -2.49. The smallest absolute Gasteiger partial charge is 0.338 e. The van der Waals surface area contributed by atoms with Crippen LogP contribution < -0.4 is 5.32 Å². The summed E-state index contributed by atoms with van der Waals surface area (Å²) in [6.45, 7) is 4.26. The minimum absolute atomic E-state index is 0.0971. The molecule has 7 atom stereocenters. The van der Waals surface area contributed by atoms with E-state index in [1.54, 1.807) is 24.3 Å². The Kier molecular flexibility index (Phi) is 6.17. The molecule has 3 fully saturated rings. The second kappa shape index (κ2) is 9.53. The Labute approximate surface area is 222 Å². The van der Waals surface area contributed by atoms with Gasteiger partial charge in [-0.05, 0) is 65.8 Å². The van der Waals surface area contributed by atoms with Gasteiger partial charge in [0.2, 0.25) is 17.7 Å². The Morgan fingerprint density at radius 2 is 1.53 bits per heavy atom. The van der Waals surface area contributed by atoms with Crippen molar-refractivity contribution in [3.63, 3.8) is 0 Å². The standard InChI is InChI=1S/C31H32N2O5/c1-17(2)16-38-31(37)19-8-10-20(11-9-19)32-28(34)25(14-18-6-4-3-5-7-18)33-29(35)26-21-12-13-22(24-15-23(21)24)27(26)30(33)36/h3-13,17,21-27H,14-16H2,1-2H3,(H,32,34)/t21-,22-,23-,24-,25+,26+,27+/m1/s1. The molecule has 0 spiro atoms. The van der Waals surface area contributed by atoms with E-state index in [1.165, 1.54) is 4.90 Å². The zero-order valence-corrected chi connectivity index (χ0v) is 21.6. The van der Waals surface area contributed by atoms with Gasteiger partial charge in [-0.25, -0.2) is 4.79 Å². The molecule has 1 aliphatic heterocycles. The van der Waals surface area contributed by atoms with Gasteiger partial charge in [-0.3, -0.25) is 19.3 Å². The second-order valence-corrected chi connectivity index (χ2v) is 11.5. The highest BCUT2D eigenvalue weighted by Gasteiger charge is 2.67. The fraction of sp³-hybridized carbons (Fsp3) is 0.419. The van der Waals surface area contributed by atoms with E-state index in [4.69, 9.17) is 4.74 Å². The van der Waals surface area contributed by atoms with Gasteiger partial charge in [0.25, 0.3) is 0 Å². The van der Waals surface area contributed by atoms with Crippen LogP contribution >= 0.6 is 0 Å². The van der Waals surface area contributed by atoms with Crippen LogP contribution in [-0.4, -0.2) is 41.2 Å². The van der Waals surface area contributed by atoms with Gasteiger partial charge in [-0.15, -0.1) is 0 Å². The topological polar surface area (TPSA) is 92.8 Å². The van der Waals surface area contributed by atoms with Crippen molar-refractivity contribution in [2.75, 3.05) is 11.9 Å². The average molecular weight is 513 g/mol. The highest BCUT2D eigenvalue weighted by Crippen LogP contribution is 2.65. The molecule has 1 heterocycles. The number of likely N-dealkylation sites (tertiary alicyclic amines) is 1. The molecule has 0 aromatic heterocycles. The van der Waals surface area contributed by atoms with Crippen molar-refractivity contribution in [2.45, 2.75) is 32.7 Å². The van der Waals surface area contributed by atoms with E-state index in [2.05, 4.69) is 17.5 Å². The van der Waals surface area contributed by atoms with Gasteiger partial charge < -0.3 is 10.1 Å². The number of carbonyl (C=O) groups excluding carboxylic acids is 4. The summed E-state index contributed by atoms with van der Waals surface area (Å²) in [6.07, 6.45) is 5.59. The number of carbonyl (C=O) groups is 4. The first-order valence-electron chi connectivity index (χ1n) is 13.5. The molecule has 1 saturated heterocycles. The van der Waals surface area contributed by atoms with Crippen LogP contribution in [0, 0.1) is 41.4 Å². The quantitative estimate of drug-likeness (QED) is 0.327. The molecule has 5 aliphatic rings. The predicted molar refractivity (Wildman–Crippen MR) is 141 cm³/mol. The van der Waals surface area contributed by atoms with Crippen molar-refractivity contribution >= 4 is 29.4 Å². The number of anilines is 1. The summed E-state index contributed by atoms with van der Waals surface area (Å²) in [7, 11) is 0. The van der Waals surface area contributed by atoms with Crippen molar-refractivity contribution in [1.82, 2.24) is 4.90 Å². The zero-order valence-electron chi connectivity index (χ0n) is 21.6. The second-order valence-electron chi connectivity index (χ2n) is 11.5. The number of allylic oxidation sites excluding steroid dienone is 2. The molecule has 2 bridgehead atoms. The van der Waals surface area contributed by atoms with Gasteiger partial charge >= 0.3 is 5.97 Å². The van der Waals surface area contributed by atoms with Gasteiger partial charge in [-0.1, -0.05) is 56.3 Å². The van der Waals surface area contributed by atoms with Crippen LogP contribution in [0.2, 0.25) is 0 Å². The molecular formula is C31H32N2O5. The summed E-state index contributed by atoms with van der Waals surface area (Å²) in [6, 6.07) is 15.0. The molecule has 4 aliphatic carbocycles. The summed E-state index contributed by atoms with van der Waals surface area (Å²) < 4.78 is 5.27. The van der Waals surface area contributed by atoms with E-state index < -0.39 is 17.9 Å². The normalized spacial score (nSPS) is 29.2. The maximum atomic E-state index is 13.8. The summed E-state index contributed by atoms with van der Waals surface area (Å²) in [5, 5.41) is 2.88. The lowest BCUT2D eigenvalue weighted by atomic mass is 9.63. The number of benzene rings is 2. The number of nitrogens with one attached hydrogen (secondary N) is 1. The maximum absolute atomic E-state index is 13.8. The first-order chi connectivity index (χ1) is 18.3. The van der Waals surface area contributed by atoms with Crippen molar-refractivity contribution in [3.05, 3.63) is 77.9 Å². The molecule has 38 heavy (non-hydrogen) atoms. The average Bonchev–Trinajstić information content (AvgIpc) is 3.70. The number of hydrogen-bond acceptors (Lipinski definition) is 5. The number of amides is 3.